The fourth-order valence-electron chi connectivity index (χ4n) is 1.67. The molecular formula is C12H21N3O. The van der Waals surface area contributed by atoms with E-state index in [4.69, 9.17) is 10.8 Å². The molecule has 90 valence electrons. The second-order valence-electron chi connectivity index (χ2n) is 3.75. The molecule has 0 aliphatic heterocycles. The van der Waals surface area contributed by atoms with Gasteiger partial charge in [0.25, 0.3) is 0 Å². The van der Waals surface area contributed by atoms with Crippen LogP contribution in [0, 0.1) is 0 Å². The summed E-state index contributed by atoms with van der Waals surface area (Å²) in [6, 6.07) is 3.88. The maximum absolute atomic E-state index is 9.06. The second-order valence-corrected chi connectivity index (χ2v) is 3.75. The molecule has 1 aromatic rings. The van der Waals surface area contributed by atoms with E-state index in [0.717, 1.165) is 30.8 Å². The molecule has 0 atom stereocenters. The average molecular weight is 223 g/mol. The summed E-state index contributed by atoms with van der Waals surface area (Å²) in [5, 5.41) is 9.06. The molecule has 16 heavy (non-hydrogen) atoms. The number of rotatable bonds is 7. The van der Waals surface area contributed by atoms with Crippen LogP contribution >= 0.6 is 0 Å². The fraction of sp³-hybridized carbons (Fsp3) is 0.583. The Morgan fingerprint density at radius 3 is 2.88 bits per heavy atom. The number of unbranched alkanes of at least 4 members (excludes halogenated alkanes) is 1. The highest BCUT2D eigenvalue weighted by Crippen LogP contribution is 2.16. The first-order valence-electron chi connectivity index (χ1n) is 5.83. The Bertz CT molecular complexity index is 304. The smallest absolute Gasteiger partial charge is 0.133 e. The molecule has 1 heterocycles. The van der Waals surface area contributed by atoms with Crippen LogP contribution in [-0.4, -0.2) is 29.8 Å². The molecule has 0 bridgehead atoms. The minimum Gasteiger partial charge on any atom is -0.395 e. The monoisotopic (exact) mass is 223 g/mol. The van der Waals surface area contributed by atoms with E-state index in [1.54, 1.807) is 6.20 Å². The van der Waals surface area contributed by atoms with E-state index in [1.807, 2.05) is 12.1 Å². The number of aromatic nitrogens is 1. The van der Waals surface area contributed by atoms with E-state index in [-0.39, 0.29) is 6.61 Å². The number of nitrogens with two attached hydrogens (primary N) is 1. The van der Waals surface area contributed by atoms with Crippen molar-refractivity contribution in [3.05, 3.63) is 23.9 Å². The van der Waals surface area contributed by atoms with E-state index < -0.39 is 0 Å². The SMILES string of the molecule is CCCCN(CCO)c1ncccc1CN. The zero-order valence-electron chi connectivity index (χ0n) is 9.89. The molecule has 0 spiro atoms. The summed E-state index contributed by atoms with van der Waals surface area (Å²) < 4.78 is 0. The van der Waals surface area contributed by atoms with Crippen molar-refractivity contribution in [1.29, 1.82) is 0 Å². The van der Waals surface area contributed by atoms with Crippen molar-refractivity contribution in [3.63, 3.8) is 0 Å². The standard InChI is InChI=1S/C12H21N3O/c1-2-3-7-15(8-9-16)12-11(10-13)5-4-6-14-12/h4-6,16H,2-3,7-10,13H2,1H3. The van der Waals surface area contributed by atoms with Gasteiger partial charge in [0.1, 0.15) is 5.82 Å². The largest absolute Gasteiger partial charge is 0.395 e. The van der Waals surface area contributed by atoms with Gasteiger partial charge in [-0.25, -0.2) is 4.98 Å². The van der Waals surface area contributed by atoms with Crippen LogP contribution in [0.3, 0.4) is 0 Å². The maximum atomic E-state index is 9.06. The number of hydrogen-bond donors (Lipinski definition) is 2. The topological polar surface area (TPSA) is 62.4 Å². The third-order valence-corrected chi connectivity index (χ3v) is 2.54. The molecule has 4 nitrogen and oxygen atoms in total. The minimum absolute atomic E-state index is 0.143. The first-order valence-corrected chi connectivity index (χ1v) is 5.83. The lowest BCUT2D eigenvalue weighted by Gasteiger charge is -2.24. The zero-order chi connectivity index (χ0) is 11.8. The third-order valence-electron chi connectivity index (χ3n) is 2.54. The quantitative estimate of drug-likeness (QED) is 0.727. The Hall–Kier alpha value is -1.13. The van der Waals surface area contributed by atoms with Gasteiger partial charge in [0.15, 0.2) is 0 Å². The Morgan fingerprint density at radius 1 is 1.44 bits per heavy atom. The zero-order valence-corrected chi connectivity index (χ0v) is 9.89. The van der Waals surface area contributed by atoms with Crippen molar-refractivity contribution >= 4 is 5.82 Å². The molecule has 3 N–H and O–H groups in total. The first-order chi connectivity index (χ1) is 7.83. The normalized spacial score (nSPS) is 10.4. The molecule has 0 amide bonds. The number of hydrogen-bond acceptors (Lipinski definition) is 4. The molecule has 1 aromatic heterocycles. The lowest BCUT2D eigenvalue weighted by Crippen LogP contribution is -2.29. The van der Waals surface area contributed by atoms with Crippen LogP contribution in [0.4, 0.5) is 5.82 Å². The number of pyridine rings is 1. The molecule has 0 unspecified atom stereocenters. The molecule has 0 radical (unpaired) electrons. The van der Waals surface area contributed by atoms with Crippen molar-refractivity contribution in [2.24, 2.45) is 5.73 Å². The number of anilines is 1. The van der Waals surface area contributed by atoms with E-state index in [1.165, 1.54) is 0 Å². The summed E-state index contributed by atoms with van der Waals surface area (Å²) >= 11 is 0. The van der Waals surface area contributed by atoms with Crippen molar-refractivity contribution in [2.45, 2.75) is 26.3 Å². The van der Waals surface area contributed by atoms with E-state index >= 15 is 0 Å². The summed E-state index contributed by atoms with van der Waals surface area (Å²) in [6.45, 7) is 4.31. The van der Waals surface area contributed by atoms with Crippen molar-refractivity contribution in [1.82, 2.24) is 4.98 Å². The molecule has 1 rings (SSSR count). The van der Waals surface area contributed by atoms with Gasteiger partial charge < -0.3 is 15.7 Å². The van der Waals surface area contributed by atoms with Crippen LogP contribution < -0.4 is 10.6 Å². The van der Waals surface area contributed by atoms with Gasteiger partial charge in [-0.15, -0.1) is 0 Å². The Labute approximate surface area is 97.1 Å². The maximum Gasteiger partial charge on any atom is 0.133 e. The summed E-state index contributed by atoms with van der Waals surface area (Å²) in [5.74, 6) is 0.910. The average Bonchev–Trinajstić information content (AvgIpc) is 2.34. The van der Waals surface area contributed by atoms with Crippen LogP contribution in [0.1, 0.15) is 25.3 Å². The number of nitrogens with zero attached hydrogens (tertiary/aromatic N) is 2. The molecule has 0 aliphatic rings. The summed E-state index contributed by atoms with van der Waals surface area (Å²) in [4.78, 5) is 6.46. The van der Waals surface area contributed by atoms with Gasteiger partial charge in [0.2, 0.25) is 0 Å². The van der Waals surface area contributed by atoms with Crippen molar-refractivity contribution < 1.29 is 5.11 Å². The molecule has 0 fully saturated rings. The van der Waals surface area contributed by atoms with Gasteiger partial charge >= 0.3 is 0 Å². The second kappa shape index (κ2) is 7.19. The third kappa shape index (κ3) is 3.47. The summed E-state index contributed by atoms with van der Waals surface area (Å²) in [7, 11) is 0. The number of aliphatic hydroxyl groups is 1. The highest BCUT2D eigenvalue weighted by atomic mass is 16.3. The molecular weight excluding hydrogens is 202 g/mol. The van der Waals surface area contributed by atoms with Gasteiger partial charge in [-0.2, -0.15) is 0 Å². The summed E-state index contributed by atoms with van der Waals surface area (Å²) in [5.41, 5.74) is 6.72. The van der Waals surface area contributed by atoms with Crippen LogP contribution in [0.25, 0.3) is 0 Å². The lowest BCUT2D eigenvalue weighted by atomic mass is 10.2. The minimum atomic E-state index is 0.143. The van der Waals surface area contributed by atoms with E-state index in [2.05, 4.69) is 16.8 Å². The first kappa shape index (κ1) is 12.9. The summed E-state index contributed by atoms with van der Waals surface area (Å²) in [6.07, 6.45) is 4.00. The van der Waals surface area contributed by atoms with Gasteiger partial charge in [-0.1, -0.05) is 19.4 Å². The lowest BCUT2D eigenvalue weighted by molar-refractivity contribution is 0.301. The van der Waals surface area contributed by atoms with E-state index in [0.29, 0.717) is 13.1 Å². The fourth-order valence-corrected chi connectivity index (χ4v) is 1.67. The molecule has 0 aromatic carbocycles. The molecule has 0 saturated carbocycles. The Balaban J connectivity index is 2.81. The van der Waals surface area contributed by atoms with E-state index in [9.17, 15) is 0 Å². The van der Waals surface area contributed by atoms with Crippen LogP contribution in [-0.2, 0) is 6.54 Å². The van der Waals surface area contributed by atoms with Gasteiger partial charge in [-0.3, -0.25) is 0 Å². The highest BCUT2D eigenvalue weighted by molar-refractivity contribution is 5.46. The van der Waals surface area contributed by atoms with Crippen LogP contribution in [0.2, 0.25) is 0 Å². The van der Waals surface area contributed by atoms with Gasteiger partial charge in [-0.05, 0) is 12.5 Å². The Kier molecular flexibility index (Phi) is 5.82. The predicted molar refractivity (Wildman–Crippen MR) is 66.3 cm³/mol. The molecule has 0 aliphatic carbocycles. The van der Waals surface area contributed by atoms with Crippen LogP contribution in [0.5, 0.6) is 0 Å². The Morgan fingerprint density at radius 2 is 2.25 bits per heavy atom. The highest BCUT2D eigenvalue weighted by Gasteiger charge is 2.10. The van der Waals surface area contributed by atoms with Gasteiger partial charge in [0, 0.05) is 31.4 Å². The van der Waals surface area contributed by atoms with Crippen LogP contribution in [0.15, 0.2) is 18.3 Å². The van der Waals surface area contributed by atoms with Crippen molar-refractivity contribution in [2.75, 3.05) is 24.6 Å². The predicted octanol–water partition coefficient (Wildman–Crippen LogP) is 1.14. The van der Waals surface area contributed by atoms with Crippen molar-refractivity contribution in [3.8, 4) is 0 Å². The number of aliphatic hydroxyl groups excluding tert-OH is 1. The van der Waals surface area contributed by atoms with Gasteiger partial charge in [0.05, 0.1) is 6.61 Å². The molecule has 0 saturated heterocycles. The molecule has 4 heteroatoms.